The first-order valence-electron chi connectivity index (χ1n) is 7.38. The van der Waals surface area contributed by atoms with E-state index in [0.29, 0.717) is 5.92 Å². The summed E-state index contributed by atoms with van der Waals surface area (Å²) < 4.78 is 5.85. The highest BCUT2D eigenvalue weighted by atomic mass is 16.5. The monoisotopic (exact) mass is 263 g/mol. The zero-order chi connectivity index (χ0) is 13.8. The highest BCUT2D eigenvalue weighted by Gasteiger charge is 2.35. The first kappa shape index (κ1) is 14.3. The summed E-state index contributed by atoms with van der Waals surface area (Å²) >= 11 is 0. The quantitative estimate of drug-likeness (QED) is 0.819. The molecule has 106 valence electrons. The van der Waals surface area contributed by atoms with Gasteiger partial charge in [0.2, 0.25) is 0 Å². The Morgan fingerprint density at radius 1 is 1.26 bits per heavy atom. The molecule has 0 amide bonds. The maximum Gasteiger partial charge on any atom is 0.160 e. The van der Waals surface area contributed by atoms with E-state index in [-0.39, 0.29) is 6.10 Å². The van der Waals surface area contributed by atoms with Gasteiger partial charge in [-0.2, -0.15) is 0 Å². The van der Waals surface area contributed by atoms with E-state index in [1.807, 2.05) is 13.8 Å². The van der Waals surface area contributed by atoms with Crippen LogP contribution in [0.25, 0.3) is 0 Å². The zero-order valence-electron chi connectivity index (χ0n) is 12.5. The SMILES string of the molecule is CCCNc1nc(C(OCC)C2CC2)nc(C)c1C. The molecule has 0 saturated heterocycles. The number of aromatic nitrogens is 2. The average molecular weight is 263 g/mol. The number of hydrogen-bond donors (Lipinski definition) is 1. The van der Waals surface area contributed by atoms with Crippen LogP contribution >= 0.6 is 0 Å². The largest absolute Gasteiger partial charge is 0.370 e. The molecular weight excluding hydrogens is 238 g/mol. The van der Waals surface area contributed by atoms with E-state index in [1.165, 1.54) is 12.8 Å². The standard InChI is InChI=1S/C15H25N3O/c1-5-9-16-14-10(3)11(4)17-15(18-14)13(19-6-2)12-7-8-12/h12-13H,5-9H2,1-4H3,(H,16,17,18). The van der Waals surface area contributed by atoms with Crippen LogP contribution < -0.4 is 5.32 Å². The zero-order valence-corrected chi connectivity index (χ0v) is 12.5. The Morgan fingerprint density at radius 2 is 2.00 bits per heavy atom. The summed E-state index contributed by atoms with van der Waals surface area (Å²) in [6, 6.07) is 0. The molecule has 0 aliphatic heterocycles. The van der Waals surface area contributed by atoms with Crippen LogP contribution in [0.15, 0.2) is 0 Å². The Bertz CT molecular complexity index is 430. The van der Waals surface area contributed by atoms with Gasteiger partial charge in [-0.25, -0.2) is 9.97 Å². The first-order chi connectivity index (χ1) is 9.17. The summed E-state index contributed by atoms with van der Waals surface area (Å²) in [5.41, 5.74) is 2.19. The molecule has 1 unspecified atom stereocenters. The van der Waals surface area contributed by atoms with Gasteiger partial charge in [-0.05, 0) is 46.0 Å². The molecule has 1 atom stereocenters. The first-order valence-corrected chi connectivity index (χ1v) is 7.38. The van der Waals surface area contributed by atoms with Gasteiger partial charge in [0.1, 0.15) is 11.9 Å². The van der Waals surface area contributed by atoms with Crippen molar-refractivity contribution in [3.8, 4) is 0 Å². The van der Waals surface area contributed by atoms with E-state index in [0.717, 1.165) is 42.5 Å². The molecule has 4 nitrogen and oxygen atoms in total. The number of ether oxygens (including phenoxy) is 1. The Morgan fingerprint density at radius 3 is 2.58 bits per heavy atom. The lowest BCUT2D eigenvalue weighted by molar-refractivity contribution is 0.0400. The number of aryl methyl sites for hydroxylation is 1. The summed E-state index contributed by atoms with van der Waals surface area (Å²) in [4.78, 5) is 9.35. The number of anilines is 1. The predicted molar refractivity (Wildman–Crippen MR) is 77.4 cm³/mol. The van der Waals surface area contributed by atoms with E-state index in [2.05, 4.69) is 24.1 Å². The third kappa shape index (κ3) is 3.44. The molecular formula is C15H25N3O. The van der Waals surface area contributed by atoms with E-state index in [9.17, 15) is 0 Å². The molecule has 0 bridgehead atoms. The van der Waals surface area contributed by atoms with Crippen LogP contribution in [0.1, 0.15) is 56.3 Å². The van der Waals surface area contributed by atoms with Crippen LogP contribution in [0, 0.1) is 19.8 Å². The molecule has 2 rings (SSSR count). The van der Waals surface area contributed by atoms with Gasteiger partial charge in [-0.3, -0.25) is 0 Å². The lowest BCUT2D eigenvalue weighted by Gasteiger charge is -2.18. The van der Waals surface area contributed by atoms with Gasteiger partial charge >= 0.3 is 0 Å². The van der Waals surface area contributed by atoms with Gasteiger partial charge < -0.3 is 10.1 Å². The molecule has 1 aliphatic rings. The van der Waals surface area contributed by atoms with Crippen molar-refractivity contribution < 1.29 is 4.74 Å². The van der Waals surface area contributed by atoms with Crippen LogP contribution in [0.2, 0.25) is 0 Å². The van der Waals surface area contributed by atoms with E-state index < -0.39 is 0 Å². The van der Waals surface area contributed by atoms with Crippen LogP contribution in [-0.2, 0) is 4.74 Å². The minimum absolute atomic E-state index is 0.0754. The molecule has 0 aromatic carbocycles. The number of nitrogens with one attached hydrogen (secondary N) is 1. The molecule has 1 fully saturated rings. The van der Waals surface area contributed by atoms with Crippen LogP contribution in [0.3, 0.4) is 0 Å². The third-order valence-electron chi connectivity index (χ3n) is 3.60. The molecule has 4 heteroatoms. The molecule has 0 radical (unpaired) electrons. The topological polar surface area (TPSA) is 47.0 Å². The van der Waals surface area contributed by atoms with Crippen molar-refractivity contribution in [1.29, 1.82) is 0 Å². The molecule has 0 spiro atoms. The Hall–Kier alpha value is -1.16. The number of rotatable bonds is 7. The lowest BCUT2D eigenvalue weighted by Crippen LogP contribution is -2.15. The third-order valence-corrected chi connectivity index (χ3v) is 3.60. The predicted octanol–water partition coefficient (Wildman–Crippen LogP) is 3.40. The second kappa shape index (κ2) is 6.33. The highest BCUT2D eigenvalue weighted by molar-refractivity contribution is 5.45. The van der Waals surface area contributed by atoms with Gasteiger partial charge in [0.15, 0.2) is 5.82 Å². The minimum atomic E-state index is 0.0754. The molecule has 1 N–H and O–H groups in total. The van der Waals surface area contributed by atoms with Crippen LogP contribution in [0.5, 0.6) is 0 Å². The fraction of sp³-hybridized carbons (Fsp3) is 0.733. The van der Waals surface area contributed by atoms with Crippen molar-refractivity contribution in [2.45, 2.75) is 53.1 Å². The molecule has 1 aromatic heterocycles. The van der Waals surface area contributed by atoms with Crippen LogP contribution in [0.4, 0.5) is 5.82 Å². The molecule has 1 aromatic rings. The summed E-state index contributed by atoms with van der Waals surface area (Å²) in [5, 5.41) is 3.39. The van der Waals surface area contributed by atoms with Crippen molar-refractivity contribution in [3.63, 3.8) is 0 Å². The van der Waals surface area contributed by atoms with E-state index in [4.69, 9.17) is 9.72 Å². The van der Waals surface area contributed by atoms with Crippen LogP contribution in [-0.4, -0.2) is 23.1 Å². The smallest absolute Gasteiger partial charge is 0.160 e. The van der Waals surface area contributed by atoms with Gasteiger partial charge in [0.05, 0.1) is 0 Å². The molecule has 1 heterocycles. The van der Waals surface area contributed by atoms with Crippen molar-refractivity contribution in [2.75, 3.05) is 18.5 Å². The number of hydrogen-bond acceptors (Lipinski definition) is 4. The Kier molecular flexibility index (Phi) is 4.75. The van der Waals surface area contributed by atoms with Crippen molar-refractivity contribution in [2.24, 2.45) is 5.92 Å². The molecule has 19 heavy (non-hydrogen) atoms. The van der Waals surface area contributed by atoms with Crippen molar-refractivity contribution in [3.05, 3.63) is 17.1 Å². The molecule has 1 saturated carbocycles. The lowest BCUT2D eigenvalue weighted by atomic mass is 10.2. The average Bonchev–Trinajstić information content (AvgIpc) is 3.22. The number of nitrogens with zero attached hydrogens (tertiary/aromatic N) is 2. The minimum Gasteiger partial charge on any atom is -0.370 e. The second-order valence-corrected chi connectivity index (χ2v) is 5.28. The fourth-order valence-corrected chi connectivity index (χ4v) is 2.19. The summed E-state index contributed by atoms with van der Waals surface area (Å²) in [6.45, 7) is 9.98. The van der Waals surface area contributed by atoms with Crippen molar-refractivity contribution >= 4 is 5.82 Å². The van der Waals surface area contributed by atoms with Gasteiger partial charge in [-0.15, -0.1) is 0 Å². The Labute approximate surface area is 116 Å². The summed E-state index contributed by atoms with van der Waals surface area (Å²) in [6.07, 6.45) is 3.64. The van der Waals surface area contributed by atoms with Crippen molar-refractivity contribution in [1.82, 2.24) is 9.97 Å². The maximum absolute atomic E-state index is 5.85. The van der Waals surface area contributed by atoms with Gasteiger partial charge in [0.25, 0.3) is 0 Å². The van der Waals surface area contributed by atoms with E-state index in [1.54, 1.807) is 0 Å². The van der Waals surface area contributed by atoms with Gasteiger partial charge in [-0.1, -0.05) is 6.92 Å². The fourth-order valence-electron chi connectivity index (χ4n) is 2.19. The highest BCUT2D eigenvalue weighted by Crippen LogP contribution is 2.42. The normalized spacial score (nSPS) is 16.4. The van der Waals surface area contributed by atoms with Gasteiger partial charge in [0, 0.05) is 24.4 Å². The molecule has 1 aliphatic carbocycles. The Balaban J connectivity index is 2.25. The second-order valence-electron chi connectivity index (χ2n) is 5.28. The maximum atomic E-state index is 5.85. The summed E-state index contributed by atoms with van der Waals surface area (Å²) in [7, 11) is 0. The van der Waals surface area contributed by atoms with E-state index >= 15 is 0 Å². The summed E-state index contributed by atoms with van der Waals surface area (Å²) in [5.74, 6) is 2.43.